The van der Waals surface area contributed by atoms with Crippen molar-refractivity contribution in [1.82, 2.24) is 9.55 Å². The number of aliphatic hydroxyl groups excluding tert-OH is 2. The Bertz CT molecular complexity index is 833. The van der Waals surface area contributed by atoms with E-state index in [9.17, 15) is 29.3 Å². The number of H-pyrrole nitrogens is 1. The van der Waals surface area contributed by atoms with Crippen LogP contribution in [0.5, 0.6) is 0 Å². The van der Waals surface area contributed by atoms with E-state index in [1.807, 2.05) is 4.98 Å². The van der Waals surface area contributed by atoms with Crippen molar-refractivity contribution in [1.29, 1.82) is 0 Å². The van der Waals surface area contributed by atoms with Gasteiger partial charge in [-0.1, -0.05) is 0 Å². The predicted octanol–water partition coefficient (Wildman–Crippen LogP) is -2.50. The molecule has 13 nitrogen and oxygen atoms in total. The van der Waals surface area contributed by atoms with Gasteiger partial charge in [0, 0.05) is 12.3 Å². The molecule has 2 heterocycles. The second kappa shape index (κ2) is 7.47. The number of phosphoric acid groups is 1. The molecule has 1 aromatic heterocycles. The largest absolute Gasteiger partial charge is 0.479 e. The third-order valence-corrected chi connectivity index (χ3v) is 5.83. The quantitative estimate of drug-likeness (QED) is 0.265. The highest BCUT2D eigenvalue weighted by Gasteiger charge is 2.45. The van der Waals surface area contributed by atoms with Crippen molar-refractivity contribution in [2.24, 2.45) is 0 Å². The van der Waals surface area contributed by atoms with Crippen molar-refractivity contribution in [2.75, 3.05) is 6.61 Å². The third-order valence-electron chi connectivity index (χ3n) is 3.07. The Kier molecular flexibility index (Phi) is 6.14. The van der Waals surface area contributed by atoms with Crippen LogP contribution in [0.15, 0.2) is 21.9 Å². The number of aliphatic hydroxyl groups is 2. The summed E-state index contributed by atoms with van der Waals surface area (Å²) in [5, 5.41) is 19.9. The molecule has 1 aromatic rings. The lowest BCUT2D eigenvalue weighted by molar-refractivity contribution is -0.0541. The van der Waals surface area contributed by atoms with Crippen LogP contribution < -0.4 is 11.2 Å². The van der Waals surface area contributed by atoms with Gasteiger partial charge in [-0.25, -0.2) is 13.7 Å². The van der Waals surface area contributed by atoms with Crippen LogP contribution in [0, 0.1) is 0 Å². The van der Waals surface area contributed by atoms with Gasteiger partial charge in [0.1, 0.15) is 18.3 Å². The van der Waals surface area contributed by atoms with Gasteiger partial charge in [-0.3, -0.25) is 18.9 Å². The van der Waals surface area contributed by atoms with Crippen molar-refractivity contribution < 1.29 is 43.0 Å². The van der Waals surface area contributed by atoms with Gasteiger partial charge in [0.2, 0.25) is 0 Å². The van der Waals surface area contributed by atoms with E-state index in [4.69, 9.17) is 14.5 Å². The molecule has 142 valence electrons. The topological polar surface area (TPSA) is 201 Å². The van der Waals surface area contributed by atoms with Crippen LogP contribution >= 0.6 is 14.5 Å². The van der Waals surface area contributed by atoms with E-state index >= 15 is 0 Å². The number of hydrogen-bond donors (Lipinski definition) is 6. The molecule has 0 bridgehead atoms. The smallest absolute Gasteiger partial charge is 0.387 e. The highest BCUT2D eigenvalue weighted by molar-refractivity contribution is 8.08. The summed E-state index contributed by atoms with van der Waals surface area (Å²) < 4.78 is 25.8. The molecule has 0 spiro atoms. The fourth-order valence-electron chi connectivity index (χ4n) is 2.05. The summed E-state index contributed by atoms with van der Waals surface area (Å²) in [5.41, 5.74) is -1.60. The van der Waals surface area contributed by atoms with Gasteiger partial charge >= 0.3 is 20.2 Å². The van der Waals surface area contributed by atoms with Gasteiger partial charge in [-0.2, -0.15) is 0 Å². The summed E-state index contributed by atoms with van der Waals surface area (Å²) in [6, 6.07) is 0.985. The van der Waals surface area contributed by atoms with Crippen molar-refractivity contribution in [3.63, 3.8) is 0 Å². The molecule has 0 aliphatic carbocycles. The molecule has 1 aliphatic heterocycles. The number of aromatic amines is 1. The minimum Gasteiger partial charge on any atom is -0.387 e. The lowest BCUT2D eigenvalue weighted by Gasteiger charge is -2.18. The molecule has 2 rings (SSSR count). The number of nitrogens with zero attached hydrogens (tertiary/aromatic N) is 1. The van der Waals surface area contributed by atoms with Crippen LogP contribution in [-0.4, -0.2) is 59.4 Å². The number of rotatable bonds is 6. The number of ether oxygens (including phenoxy) is 1. The normalized spacial score (nSPS) is 29.5. The Labute approximate surface area is 143 Å². The van der Waals surface area contributed by atoms with Crippen LogP contribution in [0.2, 0.25) is 0 Å². The van der Waals surface area contributed by atoms with Gasteiger partial charge < -0.3 is 29.6 Å². The van der Waals surface area contributed by atoms with Crippen LogP contribution in [0.25, 0.3) is 0 Å². The SMILES string of the molecule is O=c1ccn([C@@H]2O[C@H](COP(=O)(O)OP(O)(O)=S)C(O)[C@@H]2O)c(=O)[nH]1. The zero-order valence-corrected chi connectivity index (χ0v) is 14.7. The maximum absolute atomic E-state index is 11.7. The Balaban J connectivity index is 2.09. The van der Waals surface area contributed by atoms with Crippen molar-refractivity contribution in [3.8, 4) is 0 Å². The maximum atomic E-state index is 11.7. The number of nitrogens with one attached hydrogen (secondary N) is 1. The van der Waals surface area contributed by atoms with E-state index in [-0.39, 0.29) is 0 Å². The number of hydrogen-bond acceptors (Lipinski definition) is 9. The molecule has 16 heteroatoms. The minimum absolute atomic E-state index is 0.684. The van der Waals surface area contributed by atoms with Gasteiger partial charge in [0.25, 0.3) is 5.56 Å². The summed E-state index contributed by atoms with van der Waals surface area (Å²) in [5.74, 6) is 0. The summed E-state index contributed by atoms with van der Waals surface area (Å²) in [7, 11) is -4.96. The minimum atomic E-state index is -4.96. The van der Waals surface area contributed by atoms with E-state index in [0.717, 1.165) is 16.8 Å². The van der Waals surface area contributed by atoms with Gasteiger partial charge in [0.05, 0.1) is 6.61 Å². The lowest BCUT2D eigenvalue weighted by atomic mass is 10.1. The first-order chi connectivity index (χ1) is 11.4. The van der Waals surface area contributed by atoms with Crippen LogP contribution in [0.4, 0.5) is 0 Å². The fraction of sp³-hybridized carbons (Fsp3) is 0.556. The first-order valence-corrected chi connectivity index (χ1v) is 10.6. The van der Waals surface area contributed by atoms with Crippen molar-refractivity contribution in [2.45, 2.75) is 24.5 Å². The monoisotopic (exact) mass is 420 g/mol. The van der Waals surface area contributed by atoms with Gasteiger partial charge in [-0.05, 0) is 11.8 Å². The highest BCUT2D eigenvalue weighted by Crippen LogP contribution is 2.57. The Morgan fingerprint density at radius 1 is 1.28 bits per heavy atom. The fourth-order valence-corrected chi connectivity index (χ4v) is 4.41. The summed E-state index contributed by atoms with van der Waals surface area (Å²) in [6.07, 6.45) is -5.02. The second-order valence-corrected chi connectivity index (χ2v) is 9.16. The van der Waals surface area contributed by atoms with Crippen molar-refractivity contribution >= 4 is 26.3 Å². The van der Waals surface area contributed by atoms with Crippen LogP contribution in [-0.2, 0) is 29.9 Å². The van der Waals surface area contributed by atoms with Crippen molar-refractivity contribution in [3.05, 3.63) is 33.1 Å². The molecule has 1 saturated heterocycles. The van der Waals surface area contributed by atoms with Gasteiger partial charge in [0.15, 0.2) is 6.23 Å². The third kappa shape index (κ3) is 5.36. The predicted molar refractivity (Wildman–Crippen MR) is 82.8 cm³/mol. The standard InChI is InChI=1S/C9H14N2O11P2S/c12-5-1-2-11(9(15)10-5)8-7(14)6(13)4(21-8)3-20-23(16,17)22-24(18,19)25/h1-2,4,6-8,13-14H,3H2,(H,16,17)(H,10,12,15)(H2,18,19,25)/t4-,6?,7+,8-/m1/s1. The summed E-state index contributed by atoms with van der Waals surface area (Å²) >= 11 is 4.03. The van der Waals surface area contributed by atoms with E-state index in [1.54, 1.807) is 0 Å². The molecule has 0 aromatic carbocycles. The molecule has 6 N–H and O–H groups in total. The molecule has 1 fully saturated rings. The molecule has 5 atom stereocenters. The highest BCUT2D eigenvalue weighted by atomic mass is 32.5. The van der Waals surface area contributed by atoms with Gasteiger partial charge in [-0.15, -0.1) is 0 Å². The molecular weight excluding hydrogens is 406 g/mol. The van der Waals surface area contributed by atoms with Crippen LogP contribution in [0.3, 0.4) is 0 Å². The number of aromatic nitrogens is 2. The second-order valence-electron chi connectivity index (χ2n) is 4.90. The molecule has 0 saturated carbocycles. The maximum Gasteiger partial charge on any atom is 0.479 e. The molecule has 1 aliphatic rings. The first-order valence-electron chi connectivity index (χ1n) is 6.47. The molecular formula is C9H14N2O11P2S. The zero-order chi connectivity index (χ0) is 19.0. The summed E-state index contributed by atoms with van der Waals surface area (Å²) in [6.45, 7) is -5.29. The van der Waals surface area contributed by atoms with E-state index in [1.165, 1.54) is 0 Å². The van der Waals surface area contributed by atoms with E-state index in [0.29, 0.717) is 0 Å². The Morgan fingerprint density at radius 2 is 1.92 bits per heavy atom. The zero-order valence-electron chi connectivity index (χ0n) is 12.1. The molecule has 0 radical (unpaired) electrons. The summed E-state index contributed by atoms with van der Waals surface area (Å²) in [4.78, 5) is 51.6. The Hall–Kier alpha value is -0.760. The molecule has 2 unspecified atom stereocenters. The van der Waals surface area contributed by atoms with E-state index in [2.05, 4.69) is 20.6 Å². The molecule has 0 amide bonds. The average molecular weight is 420 g/mol. The average Bonchev–Trinajstić information content (AvgIpc) is 2.71. The number of phosphoric ester groups is 1. The lowest BCUT2D eigenvalue weighted by Crippen LogP contribution is -2.37. The molecule has 25 heavy (non-hydrogen) atoms. The Morgan fingerprint density at radius 3 is 2.48 bits per heavy atom. The van der Waals surface area contributed by atoms with Crippen LogP contribution in [0.1, 0.15) is 6.23 Å². The van der Waals surface area contributed by atoms with E-state index < -0.39 is 56.9 Å². The first kappa shape index (κ1) is 20.6.